The summed E-state index contributed by atoms with van der Waals surface area (Å²) in [6.07, 6.45) is 0. The minimum Gasteiger partial charge on any atom is -0.493 e. The number of rotatable bonds is 11. The van der Waals surface area contributed by atoms with E-state index in [0.29, 0.717) is 25.0 Å². The molecular formula is C19H35IN4O3S. The van der Waals surface area contributed by atoms with E-state index in [1.165, 1.54) is 0 Å². The Morgan fingerprint density at radius 3 is 2.32 bits per heavy atom. The molecule has 7 nitrogen and oxygen atoms in total. The van der Waals surface area contributed by atoms with Crippen LogP contribution in [0.15, 0.2) is 29.3 Å². The molecular weight excluding hydrogens is 491 g/mol. The first-order valence-corrected chi connectivity index (χ1v) is 11.2. The first kappa shape index (κ1) is 26.9. The van der Waals surface area contributed by atoms with Gasteiger partial charge >= 0.3 is 0 Å². The minimum absolute atomic E-state index is 0. The van der Waals surface area contributed by atoms with Crippen molar-refractivity contribution in [2.45, 2.75) is 40.7 Å². The molecule has 3 N–H and O–H groups in total. The summed E-state index contributed by atoms with van der Waals surface area (Å²) >= 11 is 0. The van der Waals surface area contributed by atoms with Gasteiger partial charge in [0.25, 0.3) is 0 Å². The third-order valence-electron chi connectivity index (χ3n) is 3.74. The van der Waals surface area contributed by atoms with Crippen molar-refractivity contribution in [1.82, 2.24) is 15.4 Å². The molecule has 0 aliphatic rings. The van der Waals surface area contributed by atoms with Gasteiger partial charge in [0.05, 0.1) is 24.9 Å². The number of hydrogen-bond donors (Lipinski definition) is 3. The number of hydrogen-bond acceptors (Lipinski definition) is 4. The number of sulfonamides is 1. The standard InChI is InChI=1S/C19H34N4O3S.HI/c1-6-20-19(21-12-13-22-27(24,25)7-2)23-16(5)17-8-10-18(11-9-17)26-14-15(3)4;/h8-11,15-16,22H,6-7,12-14H2,1-5H3,(H2,20,21,23);1H. The fourth-order valence-corrected chi connectivity index (χ4v) is 2.80. The predicted octanol–water partition coefficient (Wildman–Crippen LogP) is 2.89. The number of aliphatic imine (C=N–C) groups is 1. The average molecular weight is 526 g/mol. The molecule has 1 aromatic carbocycles. The molecule has 0 bridgehead atoms. The lowest BCUT2D eigenvalue weighted by atomic mass is 10.1. The zero-order valence-electron chi connectivity index (χ0n) is 17.5. The lowest BCUT2D eigenvalue weighted by molar-refractivity contribution is 0.271. The largest absolute Gasteiger partial charge is 0.493 e. The molecule has 0 saturated carbocycles. The lowest BCUT2D eigenvalue weighted by Crippen LogP contribution is -2.39. The number of nitrogens with zero attached hydrogens (tertiary/aromatic N) is 1. The molecule has 0 aliphatic heterocycles. The second kappa shape index (κ2) is 14.0. The van der Waals surface area contributed by atoms with Gasteiger partial charge in [-0.2, -0.15) is 0 Å². The Hall–Kier alpha value is -1.07. The van der Waals surface area contributed by atoms with Crippen LogP contribution in [0, 0.1) is 5.92 Å². The summed E-state index contributed by atoms with van der Waals surface area (Å²) in [5.74, 6) is 2.08. The van der Waals surface area contributed by atoms with E-state index in [9.17, 15) is 8.42 Å². The molecule has 0 aromatic heterocycles. The van der Waals surface area contributed by atoms with Crippen molar-refractivity contribution in [2.24, 2.45) is 10.9 Å². The van der Waals surface area contributed by atoms with Gasteiger partial charge in [0.15, 0.2) is 5.96 Å². The van der Waals surface area contributed by atoms with E-state index in [2.05, 4.69) is 41.1 Å². The Balaban J connectivity index is 0.00000729. The van der Waals surface area contributed by atoms with Gasteiger partial charge in [-0.05, 0) is 44.4 Å². The van der Waals surface area contributed by atoms with Gasteiger partial charge in [0.2, 0.25) is 10.0 Å². The maximum absolute atomic E-state index is 11.4. The molecule has 0 radical (unpaired) electrons. The highest BCUT2D eigenvalue weighted by Crippen LogP contribution is 2.18. The molecule has 0 saturated heterocycles. The summed E-state index contributed by atoms with van der Waals surface area (Å²) in [5.41, 5.74) is 1.11. The third kappa shape index (κ3) is 11.1. The monoisotopic (exact) mass is 526 g/mol. The van der Waals surface area contributed by atoms with Crippen molar-refractivity contribution in [3.05, 3.63) is 29.8 Å². The SMILES string of the molecule is CCNC(=NCCNS(=O)(=O)CC)NC(C)c1ccc(OCC(C)C)cc1.I. The van der Waals surface area contributed by atoms with Crippen molar-refractivity contribution in [3.63, 3.8) is 0 Å². The van der Waals surface area contributed by atoms with Gasteiger partial charge in [-0.25, -0.2) is 13.1 Å². The van der Waals surface area contributed by atoms with Gasteiger partial charge in [-0.15, -0.1) is 24.0 Å². The Morgan fingerprint density at radius 2 is 1.79 bits per heavy atom. The third-order valence-corrected chi connectivity index (χ3v) is 5.15. The summed E-state index contributed by atoms with van der Waals surface area (Å²) in [6, 6.07) is 8.06. The molecule has 162 valence electrons. The van der Waals surface area contributed by atoms with Crippen LogP contribution in [0.1, 0.15) is 46.2 Å². The van der Waals surface area contributed by atoms with Crippen molar-refractivity contribution < 1.29 is 13.2 Å². The molecule has 1 unspecified atom stereocenters. The molecule has 0 amide bonds. The van der Waals surface area contributed by atoms with Gasteiger partial charge in [-0.1, -0.05) is 26.0 Å². The van der Waals surface area contributed by atoms with Crippen LogP contribution < -0.4 is 20.1 Å². The highest BCUT2D eigenvalue weighted by atomic mass is 127. The molecule has 0 spiro atoms. The van der Waals surface area contributed by atoms with Crippen LogP contribution in [0.5, 0.6) is 5.75 Å². The average Bonchev–Trinajstić information content (AvgIpc) is 2.64. The number of guanidine groups is 1. The van der Waals surface area contributed by atoms with Crippen LogP contribution in [-0.4, -0.2) is 46.4 Å². The topological polar surface area (TPSA) is 91.8 Å². The van der Waals surface area contributed by atoms with Gasteiger partial charge in [0, 0.05) is 13.1 Å². The molecule has 9 heteroatoms. The quantitative estimate of drug-likeness (QED) is 0.179. The predicted molar refractivity (Wildman–Crippen MR) is 127 cm³/mol. The highest BCUT2D eigenvalue weighted by Gasteiger charge is 2.09. The smallest absolute Gasteiger partial charge is 0.211 e. The van der Waals surface area contributed by atoms with Crippen LogP contribution in [0.25, 0.3) is 0 Å². The Labute approximate surface area is 187 Å². The number of benzene rings is 1. The van der Waals surface area contributed by atoms with Gasteiger partial charge in [-0.3, -0.25) is 4.99 Å². The summed E-state index contributed by atoms with van der Waals surface area (Å²) in [5, 5.41) is 6.51. The van der Waals surface area contributed by atoms with Crippen LogP contribution in [-0.2, 0) is 10.0 Å². The second-order valence-corrected chi connectivity index (χ2v) is 8.79. The molecule has 1 rings (SSSR count). The molecule has 1 aromatic rings. The van der Waals surface area contributed by atoms with E-state index < -0.39 is 10.0 Å². The second-order valence-electron chi connectivity index (χ2n) is 6.70. The summed E-state index contributed by atoms with van der Waals surface area (Å²) < 4.78 is 31.1. The zero-order valence-corrected chi connectivity index (χ0v) is 20.6. The number of nitrogens with one attached hydrogen (secondary N) is 3. The fourth-order valence-electron chi connectivity index (χ4n) is 2.19. The van der Waals surface area contributed by atoms with E-state index in [1.807, 2.05) is 31.2 Å². The van der Waals surface area contributed by atoms with Crippen LogP contribution in [0.2, 0.25) is 0 Å². The van der Waals surface area contributed by atoms with E-state index in [1.54, 1.807) is 6.92 Å². The first-order chi connectivity index (χ1) is 12.8. The van der Waals surface area contributed by atoms with E-state index >= 15 is 0 Å². The highest BCUT2D eigenvalue weighted by molar-refractivity contribution is 14.0. The first-order valence-electron chi connectivity index (χ1n) is 9.52. The van der Waals surface area contributed by atoms with E-state index in [0.717, 1.165) is 17.9 Å². The molecule has 28 heavy (non-hydrogen) atoms. The van der Waals surface area contributed by atoms with Crippen molar-refractivity contribution >= 4 is 40.0 Å². The summed E-state index contributed by atoms with van der Waals surface area (Å²) in [6.45, 7) is 12.0. The van der Waals surface area contributed by atoms with Crippen molar-refractivity contribution in [2.75, 3.05) is 32.0 Å². The Bertz CT molecular complexity index is 679. The molecule has 0 fully saturated rings. The molecule has 0 heterocycles. The lowest BCUT2D eigenvalue weighted by Gasteiger charge is -2.19. The van der Waals surface area contributed by atoms with E-state index in [-0.39, 0.29) is 42.3 Å². The maximum Gasteiger partial charge on any atom is 0.211 e. The van der Waals surface area contributed by atoms with Crippen LogP contribution in [0.3, 0.4) is 0 Å². The van der Waals surface area contributed by atoms with E-state index in [4.69, 9.17) is 4.74 Å². The Morgan fingerprint density at radius 1 is 1.14 bits per heavy atom. The zero-order chi connectivity index (χ0) is 20.3. The van der Waals surface area contributed by atoms with Gasteiger partial charge in [0.1, 0.15) is 5.75 Å². The maximum atomic E-state index is 11.4. The minimum atomic E-state index is -3.18. The normalized spacial score (nSPS) is 13.0. The van der Waals surface area contributed by atoms with Crippen LogP contribution in [0.4, 0.5) is 0 Å². The van der Waals surface area contributed by atoms with Crippen LogP contribution >= 0.6 is 24.0 Å². The molecule has 0 aliphatic carbocycles. The van der Waals surface area contributed by atoms with Gasteiger partial charge < -0.3 is 15.4 Å². The number of ether oxygens (including phenoxy) is 1. The summed E-state index contributed by atoms with van der Waals surface area (Å²) in [4.78, 5) is 4.43. The Kier molecular flexibility index (Phi) is 13.5. The summed E-state index contributed by atoms with van der Waals surface area (Å²) in [7, 11) is -3.18. The van der Waals surface area contributed by atoms with Crippen molar-refractivity contribution in [3.8, 4) is 5.75 Å². The molecule has 1 atom stereocenters. The number of halogens is 1. The van der Waals surface area contributed by atoms with Crippen molar-refractivity contribution in [1.29, 1.82) is 0 Å². The fraction of sp³-hybridized carbons (Fsp3) is 0.632.